The lowest BCUT2D eigenvalue weighted by Crippen LogP contribution is -2.49. The minimum atomic E-state index is -0.720. The molecule has 31 heavy (non-hydrogen) atoms. The maximum atomic E-state index is 13.1. The molecule has 0 aromatic heterocycles. The van der Waals surface area contributed by atoms with E-state index in [1.165, 1.54) is 4.90 Å². The molecule has 1 atom stereocenters. The summed E-state index contributed by atoms with van der Waals surface area (Å²) in [4.78, 5) is 27.3. The third kappa shape index (κ3) is 7.15. The van der Waals surface area contributed by atoms with Crippen molar-refractivity contribution in [2.45, 2.75) is 47.2 Å². The molecule has 0 unspecified atom stereocenters. The van der Waals surface area contributed by atoms with Crippen molar-refractivity contribution in [3.8, 4) is 5.75 Å². The minimum Gasteiger partial charge on any atom is -0.484 e. The summed E-state index contributed by atoms with van der Waals surface area (Å²) in [6.45, 7) is 10.1. The summed E-state index contributed by atoms with van der Waals surface area (Å²) in [7, 11) is 0. The van der Waals surface area contributed by atoms with Gasteiger partial charge in [-0.25, -0.2) is 0 Å². The number of carbonyl (C=O) groups excluding carboxylic acids is 2. The Morgan fingerprint density at radius 1 is 1.03 bits per heavy atom. The fourth-order valence-electron chi connectivity index (χ4n) is 2.92. The van der Waals surface area contributed by atoms with Gasteiger partial charge in [-0.3, -0.25) is 9.59 Å². The van der Waals surface area contributed by atoms with Crippen molar-refractivity contribution < 1.29 is 14.3 Å². The lowest BCUT2D eigenvalue weighted by Gasteiger charge is -2.29. The number of ether oxygens (including phenoxy) is 1. The summed E-state index contributed by atoms with van der Waals surface area (Å²) < 4.78 is 5.72. The van der Waals surface area contributed by atoms with Gasteiger partial charge in [-0.1, -0.05) is 49.2 Å². The van der Waals surface area contributed by atoms with Crippen LogP contribution in [0.5, 0.6) is 5.75 Å². The summed E-state index contributed by atoms with van der Waals surface area (Å²) in [6.07, 6.45) is 0. The van der Waals surface area contributed by atoms with Gasteiger partial charge in [0.05, 0.1) is 0 Å². The summed E-state index contributed by atoms with van der Waals surface area (Å²) in [5.41, 5.74) is 2.81. The standard InChI is InChI=1S/C24H30Cl2N2O3/c1-15(2)12-27-24(30)18(5)28(13-20-21(25)7-6-8-22(20)26)23(29)14-31-19-10-9-16(3)17(4)11-19/h6-11,15,18H,12-14H2,1-5H3,(H,27,30)/t18-/m0/s1. The number of nitrogens with one attached hydrogen (secondary N) is 1. The van der Waals surface area contributed by atoms with Crippen LogP contribution < -0.4 is 10.1 Å². The van der Waals surface area contributed by atoms with Crippen LogP contribution in [0.25, 0.3) is 0 Å². The van der Waals surface area contributed by atoms with E-state index < -0.39 is 6.04 Å². The maximum Gasteiger partial charge on any atom is 0.261 e. The molecule has 7 heteroatoms. The number of benzene rings is 2. The van der Waals surface area contributed by atoms with E-state index in [1.807, 2.05) is 45.9 Å². The van der Waals surface area contributed by atoms with Gasteiger partial charge in [-0.15, -0.1) is 0 Å². The summed E-state index contributed by atoms with van der Waals surface area (Å²) in [5.74, 6) is 0.327. The predicted octanol–water partition coefficient (Wildman–Crippen LogP) is 5.18. The highest BCUT2D eigenvalue weighted by Gasteiger charge is 2.28. The maximum absolute atomic E-state index is 13.1. The van der Waals surface area contributed by atoms with Crippen LogP contribution in [0.2, 0.25) is 10.0 Å². The summed E-state index contributed by atoms with van der Waals surface area (Å²) in [5, 5.41) is 3.76. The second kappa shape index (κ2) is 11.4. The number of rotatable bonds is 9. The quantitative estimate of drug-likeness (QED) is 0.555. The van der Waals surface area contributed by atoms with E-state index in [0.29, 0.717) is 33.8 Å². The van der Waals surface area contributed by atoms with Crippen LogP contribution >= 0.6 is 23.2 Å². The zero-order valence-corrected chi connectivity index (χ0v) is 20.2. The Labute approximate surface area is 194 Å². The van der Waals surface area contributed by atoms with E-state index in [2.05, 4.69) is 5.32 Å². The monoisotopic (exact) mass is 464 g/mol. The largest absolute Gasteiger partial charge is 0.484 e. The molecule has 0 spiro atoms. The van der Waals surface area contributed by atoms with Crippen molar-refractivity contribution >= 4 is 35.0 Å². The van der Waals surface area contributed by atoms with E-state index in [9.17, 15) is 9.59 Å². The Balaban J connectivity index is 2.21. The number of aryl methyl sites for hydroxylation is 2. The molecule has 0 heterocycles. The first-order valence-electron chi connectivity index (χ1n) is 10.3. The van der Waals surface area contributed by atoms with E-state index in [-0.39, 0.29) is 25.0 Å². The van der Waals surface area contributed by atoms with Gasteiger partial charge in [-0.05, 0) is 62.1 Å². The Morgan fingerprint density at radius 3 is 2.26 bits per heavy atom. The first-order valence-corrected chi connectivity index (χ1v) is 11.1. The van der Waals surface area contributed by atoms with Gasteiger partial charge in [0.2, 0.25) is 5.91 Å². The Kier molecular flexibility index (Phi) is 9.20. The van der Waals surface area contributed by atoms with Crippen molar-refractivity contribution in [3.63, 3.8) is 0 Å². The second-order valence-electron chi connectivity index (χ2n) is 8.07. The summed E-state index contributed by atoms with van der Waals surface area (Å²) in [6, 6.07) is 10.1. The van der Waals surface area contributed by atoms with Crippen molar-refractivity contribution in [1.29, 1.82) is 0 Å². The highest BCUT2D eigenvalue weighted by atomic mass is 35.5. The van der Waals surface area contributed by atoms with Crippen molar-refractivity contribution in [1.82, 2.24) is 10.2 Å². The SMILES string of the molecule is Cc1ccc(OCC(=O)N(Cc2c(Cl)cccc2Cl)[C@@H](C)C(=O)NCC(C)C)cc1C. The smallest absolute Gasteiger partial charge is 0.261 e. The predicted molar refractivity (Wildman–Crippen MR) is 126 cm³/mol. The molecule has 0 saturated heterocycles. The molecule has 168 valence electrons. The lowest BCUT2D eigenvalue weighted by atomic mass is 10.1. The second-order valence-corrected chi connectivity index (χ2v) is 8.89. The highest BCUT2D eigenvalue weighted by molar-refractivity contribution is 6.36. The topological polar surface area (TPSA) is 58.6 Å². The zero-order chi connectivity index (χ0) is 23.1. The number of halogens is 2. The molecule has 0 saturated carbocycles. The molecule has 0 bridgehead atoms. The lowest BCUT2D eigenvalue weighted by molar-refractivity contribution is -0.142. The van der Waals surface area contributed by atoms with Crippen LogP contribution in [0.4, 0.5) is 0 Å². The first kappa shape index (κ1) is 25.0. The molecule has 2 rings (SSSR count). The number of hydrogen-bond acceptors (Lipinski definition) is 3. The Hall–Kier alpha value is -2.24. The third-order valence-corrected chi connectivity index (χ3v) is 5.79. The van der Waals surface area contributed by atoms with Crippen LogP contribution in [0, 0.1) is 19.8 Å². The third-order valence-electron chi connectivity index (χ3n) is 5.08. The Bertz CT molecular complexity index is 911. The van der Waals surface area contributed by atoms with Gasteiger partial charge in [0.15, 0.2) is 6.61 Å². The number of amides is 2. The van der Waals surface area contributed by atoms with Crippen LogP contribution in [-0.2, 0) is 16.1 Å². The van der Waals surface area contributed by atoms with Gasteiger partial charge in [-0.2, -0.15) is 0 Å². The average Bonchev–Trinajstić information content (AvgIpc) is 2.72. The van der Waals surface area contributed by atoms with E-state index >= 15 is 0 Å². The van der Waals surface area contributed by atoms with Crippen molar-refractivity contribution in [3.05, 3.63) is 63.1 Å². The van der Waals surface area contributed by atoms with Gasteiger partial charge >= 0.3 is 0 Å². The van der Waals surface area contributed by atoms with Gasteiger partial charge in [0.25, 0.3) is 5.91 Å². The normalized spacial score (nSPS) is 11.9. The average molecular weight is 465 g/mol. The zero-order valence-electron chi connectivity index (χ0n) is 18.7. The molecule has 2 aromatic rings. The Morgan fingerprint density at radius 2 is 1.68 bits per heavy atom. The highest BCUT2D eigenvalue weighted by Crippen LogP contribution is 2.26. The molecule has 0 radical (unpaired) electrons. The molecule has 2 amide bonds. The molecular formula is C24H30Cl2N2O3. The van der Waals surface area contributed by atoms with Gasteiger partial charge in [0.1, 0.15) is 11.8 Å². The number of carbonyl (C=O) groups is 2. The van der Waals surface area contributed by atoms with E-state index in [4.69, 9.17) is 27.9 Å². The molecule has 0 aliphatic heterocycles. The number of nitrogens with zero attached hydrogens (tertiary/aromatic N) is 1. The molecular weight excluding hydrogens is 435 g/mol. The van der Waals surface area contributed by atoms with Crippen LogP contribution in [-0.4, -0.2) is 35.9 Å². The van der Waals surface area contributed by atoms with Crippen LogP contribution in [0.3, 0.4) is 0 Å². The molecule has 5 nitrogen and oxygen atoms in total. The summed E-state index contributed by atoms with van der Waals surface area (Å²) >= 11 is 12.6. The van der Waals surface area contributed by atoms with Crippen LogP contribution in [0.15, 0.2) is 36.4 Å². The molecule has 0 aliphatic carbocycles. The van der Waals surface area contributed by atoms with Gasteiger partial charge < -0.3 is 15.0 Å². The minimum absolute atomic E-state index is 0.101. The molecule has 2 aromatic carbocycles. The fraction of sp³-hybridized carbons (Fsp3) is 0.417. The fourth-order valence-corrected chi connectivity index (χ4v) is 3.44. The molecule has 1 N–H and O–H groups in total. The molecule has 0 aliphatic rings. The van der Waals surface area contributed by atoms with E-state index in [1.54, 1.807) is 25.1 Å². The number of hydrogen-bond donors (Lipinski definition) is 1. The van der Waals surface area contributed by atoms with Gasteiger partial charge in [0, 0.05) is 28.7 Å². The first-order chi connectivity index (χ1) is 14.6. The molecule has 0 fully saturated rings. The van der Waals surface area contributed by atoms with Crippen molar-refractivity contribution in [2.24, 2.45) is 5.92 Å². The van der Waals surface area contributed by atoms with Crippen molar-refractivity contribution in [2.75, 3.05) is 13.2 Å². The van der Waals surface area contributed by atoms with E-state index in [0.717, 1.165) is 11.1 Å². The van der Waals surface area contributed by atoms with Crippen LogP contribution in [0.1, 0.15) is 37.5 Å².